The molecule has 0 amide bonds. The van der Waals surface area contributed by atoms with E-state index in [1.54, 1.807) is 12.1 Å². The van der Waals surface area contributed by atoms with E-state index in [4.69, 9.17) is 5.11 Å². The number of aliphatic hydroxyl groups excluding tert-OH is 1. The monoisotopic (exact) mass is 255 g/mol. The number of nitrogens with zero attached hydrogens (tertiary/aromatic N) is 1. The molecule has 0 aliphatic heterocycles. The summed E-state index contributed by atoms with van der Waals surface area (Å²) in [6.07, 6.45) is 0.615. The zero-order valence-corrected chi connectivity index (χ0v) is 10.7. The van der Waals surface area contributed by atoms with Crippen LogP contribution in [0.1, 0.15) is 17.5 Å². The van der Waals surface area contributed by atoms with Crippen molar-refractivity contribution in [3.63, 3.8) is 0 Å². The Labute approximate surface area is 112 Å². The predicted octanol–water partition coefficient (Wildman–Crippen LogP) is 2.61. The van der Waals surface area contributed by atoms with E-state index in [1.807, 2.05) is 42.5 Å². The highest BCUT2D eigenvalue weighted by molar-refractivity contribution is 6.14. The molecule has 0 aromatic heterocycles. The van der Waals surface area contributed by atoms with Crippen molar-refractivity contribution in [3.8, 4) is 5.75 Å². The molecule has 0 saturated carbocycles. The zero-order valence-electron chi connectivity index (χ0n) is 10.7. The number of benzene rings is 2. The molecule has 0 saturated heterocycles. The minimum Gasteiger partial charge on any atom is -0.507 e. The molecule has 0 unspecified atom stereocenters. The molecule has 0 heterocycles. The van der Waals surface area contributed by atoms with Crippen molar-refractivity contribution >= 4 is 5.71 Å². The number of phenols is 1. The maximum absolute atomic E-state index is 9.97. The van der Waals surface area contributed by atoms with E-state index in [9.17, 15) is 5.11 Å². The average Bonchev–Trinajstić information content (AvgIpc) is 2.46. The quantitative estimate of drug-likeness (QED) is 0.637. The van der Waals surface area contributed by atoms with Gasteiger partial charge in [0, 0.05) is 24.3 Å². The van der Waals surface area contributed by atoms with Gasteiger partial charge >= 0.3 is 0 Å². The van der Waals surface area contributed by atoms with Crippen LogP contribution in [0.25, 0.3) is 0 Å². The van der Waals surface area contributed by atoms with Gasteiger partial charge in [-0.15, -0.1) is 0 Å². The molecule has 0 aliphatic carbocycles. The van der Waals surface area contributed by atoms with Gasteiger partial charge in [-0.25, -0.2) is 0 Å². The van der Waals surface area contributed by atoms with Gasteiger partial charge in [0.2, 0.25) is 0 Å². The molecule has 3 nitrogen and oxygen atoms in total. The molecule has 0 spiro atoms. The van der Waals surface area contributed by atoms with Gasteiger partial charge < -0.3 is 10.2 Å². The second kappa shape index (κ2) is 6.71. The molecule has 19 heavy (non-hydrogen) atoms. The van der Waals surface area contributed by atoms with E-state index in [0.29, 0.717) is 18.5 Å². The van der Waals surface area contributed by atoms with Gasteiger partial charge in [0.05, 0.1) is 5.71 Å². The minimum absolute atomic E-state index is 0.117. The molecule has 2 aromatic carbocycles. The van der Waals surface area contributed by atoms with Crippen molar-refractivity contribution in [2.24, 2.45) is 4.99 Å². The molecule has 2 N–H and O–H groups in total. The van der Waals surface area contributed by atoms with Crippen molar-refractivity contribution in [2.45, 2.75) is 6.42 Å². The van der Waals surface area contributed by atoms with Crippen LogP contribution in [0.2, 0.25) is 0 Å². The molecule has 0 aliphatic rings. The van der Waals surface area contributed by atoms with Crippen molar-refractivity contribution < 1.29 is 10.2 Å². The lowest BCUT2D eigenvalue weighted by molar-refractivity contribution is 0.291. The fourth-order valence-electron chi connectivity index (χ4n) is 1.86. The van der Waals surface area contributed by atoms with E-state index in [1.165, 1.54) is 0 Å². The normalized spacial score (nSPS) is 11.5. The summed E-state index contributed by atoms with van der Waals surface area (Å²) in [6, 6.07) is 16.9. The molecule has 98 valence electrons. The van der Waals surface area contributed by atoms with Crippen LogP contribution in [0.15, 0.2) is 59.6 Å². The van der Waals surface area contributed by atoms with Gasteiger partial charge in [0.25, 0.3) is 0 Å². The third kappa shape index (κ3) is 3.42. The second-order valence-corrected chi connectivity index (χ2v) is 4.19. The second-order valence-electron chi connectivity index (χ2n) is 4.19. The van der Waals surface area contributed by atoms with Gasteiger partial charge in [-0.1, -0.05) is 42.5 Å². The first kappa shape index (κ1) is 13.3. The molecular formula is C16H17NO2. The van der Waals surface area contributed by atoms with Crippen LogP contribution in [-0.4, -0.2) is 29.1 Å². The maximum atomic E-state index is 9.97. The number of hydrogen-bond donors (Lipinski definition) is 2. The van der Waals surface area contributed by atoms with Crippen LogP contribution in [0.4, 0.5) is 0 Å². The average molecular weight is 255 g/mol. The summed E-state index contributed by atoms with van der Waals surface area (Å²) in [5.41, 5.74) is 2.43. The first-order valence-electron chi connectivity index (χ1n) is 6.32. The van der Waals surface area contributed by atoms with Gasteiger partial charge in [-0.3, -0.25) is 4.99 Å². The Morgan fingerprint density at radius 1 is 0.947 bits per heavy atom. The van der Waals surface area contributed by atoms with Crippen molar-refractivity contribution in [1.82, 2.24) is 0 Å². The first-order chi connectivity index (χ1) is 9.33. The molecule has 0 bridgehead atoms. The van der Waals surface area contributed by atoms with Crippen LogP contribution in [-0.2, 0) is 0 Å². The summed E-state index contributed by atoms with van der Waals surface area (Å²) in [7, 11) is 0. The van der Waals surface area contributed by atoms with Crippen LogP contribution >= 0.6 is 0 Å². The summed E-state index contributed by atoms with van der Waals surface area (Å²) >= 11 is 0. The number of aliphatic imine (C=N–C) groups is 1. The van der Waals surface area contributed by atoms with Crippen LogP contribution < -0.4 is 0 Å². The van der Waals surface area contributed by atoms with Crippen molar-refractivity contribution in [1.29, 1.82) is 0 Å². The Hall–Kier alpha value is -2.13. The fraction of sp³-hybridized carbons (Fsp3) is 0.188. The smallest absolute Gasteiger partial charge is 0.124 e. The minimum atomic E-state index is 0.117. The van der Waals surface area contributed by atoms with E-state index >= 15 is 0 Å². The fourth-order valence-corrected chi connectivity index (χ4v) is 1.86. The molecule has 2 rings (SSSR count). The SMILES string of the molecule is OCCCN=C(c1ccccc1)c1ccccc1O. The number of phenolic OH excluding ortho intramolecular Hbond substituents is 1. The zero-order chi connectivity index (χ0) is 13.5. The summed E-state index contributed by atoms with van der Waals surface area (Å²) in [4.78, 5) is 4.51. The lowest BCUT2D eigenvalue weighted by Crippen LogP contribution is -2.05. The van der Waals surface area contributed by atoms with Crippen LogP contribution in [0.5, 0.6) is 5.75 Å². The number of aliphatic hydroxyl groups is 1. The largest absolute Gasteiger partial charge is 0.507 e. The lowest BCUT2D eigenvalue weighted by Gasteiger charge is -2.09. The predicted molar refractivity (Wildman–Crippen MR) is 76.8 cm³/mol. The molecular weight excluding hydrogens is 238 g/mol. The number of para-hydroxylation sites is 1. The molecule has 3 heteroatoms. The highest BCUT2D eigenvalue weighted by Gasteiger charge is 2.10. The Morgan fingerprint density at radius 3 is 2.32 bits per heavy atom. The van der Waals surface area contributed by atoms with Crippen LogP contribution in [0.3, 0.4) is 0 Å². The first-order valence-corrected chi connectivity index (χ1v) is 6.32. The van der Waals surface area contributed by atoms with E-state index in [-0.39, 0.29) is 12.4 Å². The van der Waals surface area contributed by atoms with Gasteiger partial charge in [0.15, 0.2) is 0 Å². The highest BCUT2D eigenvalue weighted by atomic mass is 16.3. The van der Waals surface area contributed by atoms with Gasteiger partial charge in [0.1, 0.15) is 5.75 Å². The lowest BCUT2D eigenvalue weighted by atomic mass is 10.0. The van der Waals surface area contributed by atoms with Crippen molar-refractivity contribution in [2.75, 3.05) is 13.2 Å². The third-order valence-corrected chi connectivity index (χ3v) is 2.79. The summed E-state index contributed by atoms with van der Waals surface area (Å²) in [5.74, 6) is 0.217. The van der Waals surface area contributed by atoms with E-state index in [0.717, 1.165) is 11.3 Å². The molecule has 0 radical (unpaired) electrons. The topological polar surface area (TPSA) is 52.8 Å². The van der Waals surface area contributed by atoms with Gasteiger partial charge in [-0.2, -0.15) is 0 Å². The number of rotatable bonds is 5. The molecule has 0 fully saturated rings. The van der Waals surface area contributed by atoms with Gasteiger partial charge in [-0.05, 0) is 18.6 Å². The number of hydrogen-bond acceptors (Lipinski definition) is 3. The Morgan fingerprint density at radius 2 is 1.63 bits per heavy atom. The Balaban J connectivity index is 2.41. The van der Waals surface area contributed by atoms with E-state index in [2.05, 4.69) is 4.99 Å². The molecule has 0 atom stereocenters. The van der Waals surface area contributed by atoms with E-state index < -0.39 is 0 Å². The Kier molecular flexibility index (Phi) is 4.70. The highest BCUT2D eigenvalue weighted by Crippen LogP contribution is 2.20. The summed E-state index contributed by atoms with van der Waals surface area (Å²) < 4.78 is 0. The molecule has 2 aromatic rings. The van der Waals surface area contributed by atoms with Crippen LogP contribution in [0, 0.1) is 0 Å². The third-order valence-electron chi connectivity index (χ3n) is 2.79. The standard InChI is InChI=1S/C16H17NO2/c18-12-6-11-17-16(13-7-2-1-3-8-13)14-9-4-5-10-15(14)19/h1-5,7-10,18-19H,6,11-12H2. The summed E-state index contributed by atoms with van der Waals surface area (Å²) in [6.45, 7) is 0.654. The number of aromatic hydroxyl groups is 1. The maximum Gasteiger partial charge on any atom is 0.124 e. The Bertz CT molecular complexity index is 550. The van der Waals surface area contributed by atoms with Crippen molar-refractivity contribution in [3.05, 3.63) is 65.7 Å². The summed E-state index contributed by atoms with van der Waals surface area (Å²) in [5, 5.41) is 18.8.